The summed E-state index contributed by atoms with van der Waals surface area (Å²) in [4.78, 5) is 21.8. The highest BCUT2D eigenvalue weighted by Crippen LogP contribution is 2.22. The Bertz CT molecular complexity index is 201. The molecule has 0 aliphatic carbocycles. The Morgan fingerprint density at radius 2 is 1.77 bits per heavy atom. The minimum atomic E-state index is -0.839. The molecule has 0 bridgehead atoms. The molecule has 0 aromatic heterocycles. The van der Waals surface area contributed by atoms with Gasteiger partial charge in [0.25, 0.3) is 0 Å². The fraction of sp³-hybridized carbons (Fsp3) is 0.800. The Morgan fingerprint density at radius 1 is 1.31 bits per heavy atom. The number of ketones is 1. The molecule has 0 aromatic rings. The fourth-order valence-corrected chi connectivity index (χ4v) is 1.21. The van der Waals surface area contributed by atoms with E-state index in [-0.39, 0.29) is 23.5 Å². The van der Waals surface area contributed by atoms with E-state index in [2.05, 4.69) is 0 Å². The Kier molecular flexibility index (Phi) is 4.11. The number of Topliss-reactive ketones (excluding diaryl/α,β-unsaturated/α-hetero) is 1. The van der Waals surface area contributed by atoms with Gasteiger partial charge in [-0.25, -0.2) is 0 Å². The third-order valence-electron chi connectivity index (χ3n) is 1.98. The molecule has 0 aliphatic heterocycles. The third kappa shape index (κ3) is 4.65. The van der Waals surface area contributed by atoms with Gasteiger partial charge in [-0.05, 0) is 6.42 Å². The van der Waals surface area contributed by atoms with Gasteiger partial charge in [0.15, 0.2) is 0 Å². The highest BCUT2D eigenvalue weighted by atomic mass is 16.4. The molecule has 0 aliphatic rings. The van der Waals surface area contributed by atoms with Crippen LogP contribution in [-0.2, 0) is 9.59 Å². The van der Waals surface area contributed by atoms with Gasteiger partial charge >= 0.3 is 5.97 Å². The predicted octanol–water partition coefficient (Wildman–Crippen LogP) is 2.10. The van der Waals surface area contributed by atoms with Gasteiger partial charge in [0, 0.05) is 17.8 Å². The summed E-state index contributed by atoms with van der Waals surface area (Å²) in [5, 5.41) is 8.44. The molecule has 1 unspecified atom stereocenters. The van der Waals surface area contributed by atoms with E-state index in [1.165, 1.54) is 0 Å². The maximum absolute atomic E-state index is 11.6. The van der Waals surface area contributed by atoms with E-state index in [9.17, 15) is 9.59 Å². The Balaban J connectivity index is 4.05. The monoisotopic (exact) mass is 186 g/mol. The van der Waals surface area contributed by atoms with Crippen molar-refractivity contribution in [3.63, 3.8) is 0 Å². The summed E-state index contributed by atoms with van der Waals surface area (Å²) in [6, 6.07) is 0. The number of hydrogen-bond donors (Lipinski definition) is 1. The van der Waals surface area contributed by atoms with Crippen molar-refractivity contribution < 1.29 is 14.7 Å². The van der Waals surface area contributed by atoms with Crippen LogP contribution >= 0.6 is 0 Å². The molecule has 0 heterocycles. The van der Waals surface area contributed by atoms with Crippen LogP contribution in [0, 0.1) is 11.3 Å². The summed E-state index contributed by atoms with van der Waals surface area (Å²) in [5.74, 6) is -0.863. The molecule has 13 heavy (non-hydrogen) atoms. The van der Waals surface area contributed by atoms with Gasteiger partial charge in [-0.15, -0.1) is 0 Å². The van der Waals surface area contributed by atoms with Crippen LogP contribution < -0.4 is 0 Å². The fourth-order valence-electron chi connectivity index (χ4n) is 1.21. The van der Waals surface area contributed by atoms with E-state index in [0.717, 1.165) is 0 Å². The zero-order valence-electron chi connectivity index (χ0n) is 8.76. The van der Waals surface area contributed by atoms with Gasteiger partial charge in [-0.1, -0.05) is 27.7 Å². The molecule has 3 heteroatoms. The van der Waals surface area contributed by atoms with Crippen LogP contribution in [0.2, 0.25) is 0 Å². The van der Waals surface area contributed by atoms with Crippen molar-refractivity contribution in [1.82, 2.24) is 0 Å². The summed E-state index contributed by atoms with van der Waals surface area (Å²) in [6.45, 7) is 7.35. The minimum absolute atomic E-state index is 0.0724. The summed E-state index contributed by atoms with van der Waals surface area (Å²) in [6.07, 6.45) is 0.508. The van der Waals surface area contributed by atoms with Gasteiger partial charge in [0.2, 0.25) is 0 Å². The molecular weight excluding hydrogens is 168 g/mol. The maximum Gasteiger partial charge on any atom is 0.303 e. The van der Waals surface area contributed by atoms with Crippen molar-refractivity contribution in [3.05, 3.63) is 0 Å². The third-order valence-corrected chi connectivity index (χ3v) is 1.98. The first-order chi connectivity index (χ1) is 5.75. The van der Waals surface area contributed by atoms with Crippen LogP contribution in [-0.4, -0.2) is 16.9 Å². The number of rotatable bonds is 4. The highest BCUT2D eigenvalue weighted by Gasteiger charge is 2.26. The second kappa shape index (κ2) is 4.40. The van der Waals surface area contributed by atoms with E-state index in [1.54, 1.807) is 6.92 Å². The number of aliphatic carboxylic acids is 1. The summed E-state index contributed by atoms with van der Waals surface area (Å²) >= 11 is 0. The van der Waals surface area contributed by atoms with Crippen molar-refractivity contribution in [2.24, 2.45) is 11.3 Å². The Morgan fingerprint density at radius 3 is 2.08 bits per heavy atom. The van der Waals surface area contributed by atoms with Crippen LogP contribution in [0.5, 0.6) is 0 Å². The van der Waals surface area contributed by atoms with Crippen molar-refractivity contribution >= 4 is 11.8 Å². The van der Waals surface area contributed by atoms with E-state index in [1.807, 2.05) is 20.8 Å². The van der Waals surface area contributed by atoms with Gasteiger partial charge in [-0.2, -0.15) is 0 Å². The molecule has 0 fully saturated rings. The van der Waals surface area contributed by atoms with Crippen molar-refractivity contribution in [2.75, 3.05) is 0 Å². The SMILES string of the molecule is CC(CCC(=O)O)C(=O)C(C)(C)C. The van der Waals surface area contributed by atoms with Gasteiger partial charge in [0.05, 0.1) is 0 Å². The lowest BCUT2D eigenvalue weighted by atomic mass is 9.82. The molecule has 0 amide bonds. The molecule has 0 radical (unpaired) electrons. The first-order valence-electron chi connectivity index (χ1n) is 4.51. The average Bonchev–Trinajstić information content (AvgIpc) is 1.96. The zero-order chi connectivity index (χ0) is 10.6. The molecule has 1 atom stereocenters. The molecule has 0 rings (SSSR count). The molecule has 0 aromatic carbocycles. The number of carbonyl (C=O) groups is 2. The first-order valence-corrected chi connectivity index (χ1v) is 4.51. The molecule has 3 nitrogen and oxygen atoms in total. The Hall–Kier alpha value is -0.860. The standard InChI is InChI=1S/C10H18O3/c1-7(5-6-8(11)12)9(13)10(2,3)4/h7H,5-6H2,1-4H3,(H,11,12). The quantitative estimate of drug-likeness (QED) is 0.731. The minimum Gasteiger partial charge on any atom is -0.481 e. The average molecular weight is 186 g/mol. The molecule has 0 spiro atoms. The van der Waals surface area contributed by atoms with Crippen molar-refractivity contribution in [2.45, 2.75) is 40.5 Å². The molecule has 76 valence electrons. The summed E-state index contributed by atoms with van der Waals surface area (Å²) in [7, 11) is 0. The lowest BCUT2D eigenvalue weighted by Crippen LogP contribution is -2.27. The lowest BCUT2D eigenvalue weighted by Gasteiger charge is -2.21. The molecule has 0 saturated carbocycles. The number of carboxylic acid groups (broad SMARTS) is 1. The van der Waals surface area contributed by atoms with Crippen molar-refractivity contribution in [3.8, 4) is 0 Å². The van der Waals surface area contributed by atoms with Crippen LogP contribution in [0.25, 0.3) is 0 Å². The van der Waals surface area contributed by atoms with E-state index in [4.69, 9.17) is 5.11 Å². The molecular formula is C10H18O3. The van der Waals surface area contributed by atoms with Crippen LogP contribution in [0.3, 0.4) is 0 Å². The van der Waals surface area contributed by atoms with Crippen LogP contribution in [0.15, 0.2) is 0 Å². The maximum atomic E-state index is 11.6. The predicted molar refractivity (Wildman–Crippen MR) is 50.5 cm³/mol. The second-order valence-electron chi connectivity index (χ2n) is 4.45. The van der Waals surface area contributed by atoms with Gasteiger partial charge in [0.1, 0.15) is 5.78 Å². The Labute approximate surface area is 79.1 Å². The normalized spacial score (nSPS) is 13.8. The summed E-state index contributed by atoms with van der Waals surface area (Å²) < 4.78 is 0. The summed E-state index contributed by atoms with van der Waals surface area (Å²) in [5.41, 5.74) is -0.363. The van der Waals surface area contributed by atoms with Crippen LogP contribution in [0.4, 0.5) is 0 Å². The highest BCUT2D eigenvalue weighted by molar-refractivity contribution is 5.86. The zero-order valence-corrected chi connectivity index (χ0v) is 8.76. The van der Waals surface area contributed by atoms with E-state index < -0.39 is 5.97 Å². The van der Waals surface area contributed by atoms with Gasteiger partial charge in [-0.3, -0.25) is 9.59 Å². The number of hydrogen-bond acceptors (Lipinski definition) is 2. The smallest absolute Gasteiger partial charge is 0.303 e. The topological polar surface area (TPSA) is 54.4 Å². The van der Waals surface area contributed by atoms with Crippen molar-refractivity contribution in [1.29, 1.82) is 0 Å². The first kappa shape index (κ1) is 12.1. The number of carboxylic acids is 1. The van der Waals surface area contributed by atoms with Crippen LogP contribution in [0.1, 0.15) is 40.5 Å². The number of carbonyl (C=O) groups excluding carboxylic acids is 1. The van der Waals surface area contributed by atoms with E-state index >= 15 is 0 Å². The van der Waals surface area contributed by atoms with E-state index in [0.29, 0.717) is 6.42 Å². The molecule has 0 saturated heterocycles. The largest absolute Gasteiger partial charge is 0.481 e. The molecule has 1 N–H and O–H groups in total. The van der Waals surface area contributed by atoms with Gasteiger partial charge < -0.3 is 5.11 Å². The second-order valence-corrected chi connectivity index (χ2v) is 4.45. The lowest BCUT2D eigenvalue weighted by molar-refractivity contribution is -0.137.